The van der Waals surface area contributed by atoms with Gasteiger partial charge in [0, 0.05) is 18.0 Å². The number of urea groups is 1. The predicted octanol–water partition coefficient (Wildman–Crippen LogP) is 2.07. The first-order valence-corrected chi connectivity index (χ1v) is 7.97. The van der Waals surface area contributed by atoms with Crippen molar-refractivity contribution in [2.24, 2.45) is 0 Å². The van der Waals surface area contributed by atoms with Crippen molar-refractivity contribution in [3.63, 3.8) is 0 Å². The first kappa shape index (κ1) is 14.5. The fourth-order valence-electron chi connectivity index (χ4n) is 1.97. The Morgan fingerprint density at radius 1 is 1.30 bits per heavy atom. The summed E-state index contributed by atoms with van der Waals surface area (Å²) in [5.41, 5.74) is 0.207. The highest BCUT2D eigenvalue weighted by molar-refractivity contribution is 7.90. The van der Waals surface area contributed by atoms with Gasteiger partial charge in [-0.2, -0.15) is 0 Å². The largest absolute Gasteiger partial charge is 0.335 e. The minimum Gasteiger partial charge on any atom is -0.335 e. The Kier molecular flexibility index (Phi) is 4.08. The average Bonchev–Trinajstić information content (AvgIpc) is 2.79. The zero-order chi connectivity index (χ0) is 14.8. The third kappa shape index (κ3) is 3.57. The van der Waals surface area contributed by atoms with Crippen molar-refractivity contribution >= 4 is 21.6 Å². The number of hydrogen-bond acceptors (Lipinski definition) is 3. The molecular weight excluding hydrogens is 283 g/mol. The Morgan fingerprint density at radius 2 is 1.95 bits per heavy atom. The molecule has 0 bridgehead atoms. The van der Waals surface area contributed by atoms with E-state index in [1.165, 1.54) is 6.07 Å². The number of benzene rings is 1. The van der Waals surface area contributed by atoms with E-state index in [-0.39, 0.29) is 16.6 Å². The number of carbonyl (C=O) groups excluding carboxylic acids is 1. The highest BCUT2D eigenvalue weighted by atomic mass is 32.2. The maximum atomic E-state index is 13.6. The molecule has 0 fully saturated rings. The van der Waals surface area contributed by atoms with Gasteiger partial charge in [-0.05, 0) is 31.0 Å². The van der Waals surface area contributed by atoms with E-state index >= 15 is 0 Å². The normalized spacial score (nSPS) is 15.3. The number of hydrogen-bond donors (Lipinski definition) is 2. The molecule has 5 nitrogen and oxygen atoms in total. The maximum absolute atomic E-state index is 13.6. The maximum Gasteiger partial charge on any atom is 0.319 e. The molecule has 20 heavy (non-hydrogen) atoms. The summed E-state index contributed by atoms with van der Waals surface area (Å²) in [7, 11) is -3.61. The summed E-state index contributed by atoms with van der Waals surface area (Å²) in [6, 6.07) is 3.09. The van der Waals surface area contributed by atoms with Crippen molar-refractivity contribution in [2.75, 3.05) is 11.6 Å². The van der Waals surface area contributed by atoms with E-state index in [9.17, 15) is 17.6 Å². The number of amides is 2. The van der Waals surface area contributed by atoms with Gasteiger partial charge in [-0.1, -0.05) is 12.2 Å². The molecule has 1 aromatic carbocycles. The van der Waals surface area contributed by atoms with Crippen LogP contribution in [0.2, 0.25) is 0 Å². The second-order valence-corrected chi connectivity index (χ2v) is 6.64. The number of anilines is 1. The minimum atomic E-state index is -3.61. The molecule has 0 unspecified atom stereocenters. The summed E-state index contributed by atoms with van der Waals surface area (Å²) in [4.78, 5) is 11.3. The summed E-state index contributed by atoms with van der Waals surface area (Å²) in [6.45, 7) is 0. The van der Waals surface area contributed by atoms with Gasteiger partial charge in [-0.3, -0.25) is 0 Å². The van der Waals surface area contributed by atoms with Crippen molar-refractivity contribution in [1.82, 2.24) is 5.32 Å². The zero-order valence-corrected chi connectivity index (χ0v) is 11.7. The Hall–Kier alpha value is -1.89. The van der Waals surface area contributed by atoms with E-state index in [4.69, 9.17) is 0 Å². The third-order valence-corrected chi connectivity index (χ3v) is 4.06. The van der Waals surface area contributed by atoms with E-state index in [0.29, 0.717) is 0 Å². The Balaban J connectivity index is 2.03. The molecule has 0 atom stereocenters. The summed E-state index contributed by atoms with van der Waals surface area (Å²) in [6.07, 6.45) is 6.43. The van der Waals surface area contributed by atoms with Crippen LogP contribution in [0.25, 0.3) is 0 Å². The molecule has 0 aliphatic heterocycles. The van der Waals surface area contributed by atoms with Gasteiger partial charge in [0.15, 0.2) is 9.84 Å². The van der Waals surface area contributed by atoms with Crippen LogP contribution in [0.1, 0.15) is 12.8 Å². The summed E-state index contributed by atoms with van der Waals surface area (Å²) >= 11 is 0. The first-order chi connectivity index (χ1) is 9.36. The number of halogens is 1. The number of rotatable bonds is 3. The van der Waals surface area contributed by atoms with E-state index in [2.05, 4.69) is 10.6 Å². The Labute approximate surface area is 116 Å². The van der Waals surface area contributed by atoms with Crippen LogP contribution in [0.3, 0.4) is 0 Å². The lowest BCUT2D eigenvalue weighted by atomic mass is 10.2. The average molecular weight is 298 g/mol. The molecule has 0 spiro atoms. The topological polar surface area (TPSA) is 75.3 Å². The van der Waals surface area contributed by atoms with Crippen molar-refractivity contribution in [1.29, 1.82) is 0 Å². The monoisotopic (exact) mass is 298 g/mol. The van der Waals surface area contributed by atoms with Crippen LogP contribution < -0.4 is 10.6 Å². The molecule has 1 aromatic rings. The molecule has 108 valence electrons. The van der Waals surface area contributed by atoms with Crippen molar-refractivity contribution in [3.8, 4) is 0 Å². The van der Waals surface area contributed by atoms with Crippen LogP contribution in [-0.2, 0) is 9.84 Å². The summed E-state index contributed by atoms with van der Waals surface area (Å²) in [5, 5.41) is 5.21. The highest BCUT2D eigenvalue weighted by Crippen LogP contribution is 2.19. The van der Waals surface area contributed by atoms with Gasteiger partial charge in [-0.25, -0.2) is 17.6 Å². The van der Waals surface area contributed by atoms with Crippen LogP contribution >= 0.6 is 0 Å². The molecule has 0 saturated heterocycles. The fraction of sp³-hybridized carbons (Fsp3) is 0.308. The molecule has 2 rings (SSSR count). The molecule has 0 radical (unpaired) electrons. The molecule has 0 heterocycles. The lowest BCUT2D eigenvalue weighted by Gasteiger charge is -2.13. The molecule has 0 aromatic heterocycles. The molecule has 1 aliphatic rings. The van der Waals surface area contributed by atoms with Gasteiger partial charge in [-0.15, -0.1) is 0 Å². The van der Waals surface area contributed by atoms with Crippen molar-refractivity contribution in [3.05, 3.63) is 36.2 Å². The van der Waals surface area contributed by atoms with Crippen LogP contribution in [0, 0.1) is 5.82 Å². The van der Waals surface area contributed by atoms with E-state index in [1.807, 2.05) is 12.2 Å². The van der Waals surface area contributed by atoms with Crippen LogP contribution in [0.5, 0.6) is 0 Å². The standard InChI is InChI=1S/C13H15FN2O3S/c1-20(18,19)12-7-6-10(8-11(12)14)16-13(17)15-9-4-2-3-5-9/h2-3,6-9H,4-5H2,1H3,(H2,15,16,17). The van der Waals surface area contributed by atoms with Crippen LogP contribution in [0.15, 0.2) is 35.2 Å². The van der Waals surface area contributed by atoms with Gasteiger partial charge in [0.2, 0.25) is 0 Å². The van der Waals surface area contributed by atoms with E-state index < -0.39 is 21.7 Å². The van der Waals surface area contributed by atoms with Gasteiger partial charge in [0.1, 0.15) is 10.7 Å². The lowest BCUT2D eigenvalue weighted by Crippen LogP contribution is -2.36. The predicted molar refractivity (Wildman–Crippen MR) is 73.8 cm³/mol. The van der Waals surface area contributed by atoms with Gasteiger partial charge in [0.05, 0.1) is 0 Å². The molecule has 2 N–H and O–H groups in total. The number of nitrogens with one attached hydrogen (secondary N) is 2. The highest BCUT2D eigenvalue weighted by Gasteiger charge is 2.16. The van der Waals surface area contributed by atoms with Crippen molar-refractivity contribution in [2.45, 2.75) is 23.8 Å². The lowest BCUT2D eigenvalue weighted by molar-refractivity contribution is 0.249. The third-order valence-electron chi connectivity index (χ3n) is 2.93. The fourth-order valence-corrected chi connectivity index (χ4v) is 2.70. The SMILES string of the molecule is CS(=O)(=O)c1ccc(NC(=O)NC2CC=CC2)cc1F. The molecule has 1 aliphatic carbocycles. The summed E-state index contributed by atoms with van der Waals surface area (Å²) < 4.78 is 36.2. The number of sulfone groups is 1. The Bertz CT molecular complexity index is 648. The second kappa shape index (κ2) is 5.62. The van der Waals surface area contributed by atoms with Crippen LogP contribution in [0.4, 0.5) is 14.9 Å². The Morgan fingerprint density at radius 3 is 2.50 bits per heavy atom. The summed E-state index contributed by atoms with van der Waals surface area (Å²) in [5.74, 6) is -0.882. The minimum absolute atomic E-state index is 0.0511. The number of carbonyl (C=O) groups is 1. The smallest absolute Gasteiger partial charge is 0.319 e. The first-order valence-electron chi connectivity index (χ1n) is 6.08. The second-order valence-electron chi connectivity index (χ2n) is 4.66. The molecular formula is C13H15FN2O3S. The van der Waals surface area contributed by atoms with Gasteiger partial charge in [0.25, 0.3) is 0 Å². The van der Waals surface area contributed by atoms with E-state index in [0.717, 1.165) is 31.2 Å². The quantitative estimate of drug-likeness (QED) is 0.839. The molecule has 7 heteroatoms. The molecule has 2 amide bonds. The van der Waals surface area contributed by atoms with Crippen LogP contribution in [-0.4, -0.2) is 26.7 Å². The van der Waals surface area contributed by atoms with Gasteiger partial charge < -0.3 is 10.6 Å². The van der Waals surface area contributed by atoms with Crippen molar-refractivity contribution < 1.29 is 17.6 Å². The zero-order valence-electron chi connectivity index (χ0n) is 10.9. The van der Waals surface area contributed by atoms with E-state index in [1.54, 1.807) is 0 Å². The van der Waals surface area contributed by atoms with Gasteiger partial charge >= 0.3 is 6.03 Å². The molecule has 0 saturated carbocycles.